The van der Waals surface area contributed by atoms with Gasteiger partial charge in [0.2, 0.25) is 0 Å². The molecule has 182 valence electrons. The average Bonchev–Trinajstić information content (AvgIpc) is 3.10. The highest BCUT2D eigenvalue weighted by atomic mass is 16.3. The normalized spacial score (nSPS) is 43.2. The largest absolute Gasteiger partial charge is 0.393 e. The molecule has 8 unspecified atom stereocenters. The number of rotatable bonds is 6. The van der Waals surface area contributed by atoms with E-state index in [4.69, 9.17) is 0 Å². The van der Waals surface area contributed by atoms with Crippen LogP contribution in [0.4, 0.5) is 0 Å². The Bertz CT molecular complexity index is 744. The summed E-state index contributed by atoms with van der Waals surface area (Å²) in [6.07, 6.45) is 19.0. The molecule has 3 saturated carbocycles. The topological polar surface area (TPSA) is 20.2 Å². The van der Waals surface area contributed by atoms with Gasteiger partial charge in [-0.25, -0.2) is 0 Å². The Labute approximate surface area is 199 Å². The third-order valence-corrected chi connectivity index (χ3v) is 11.7. The number of aliphatic hydroxyl groups excluding tert-OH is 1. The smallest absolute Gasteiger partial charge is 0.0577 e. The molecule has 1 heteroatoms. The molecule has 4 aliphatic carbocycles. The summed E-state index contributed by atoms with van der Waals surface area (Å²) in [6.45, 7) is 17.3. The molecule has 0 heterocycles. The molecule has 0 amide bonds. The minimum atomic E-state index is -0.0866. The van der Waals surface area contributed by atoms with Crippen LogP contribution < -0.4 is 0 Å². The lowest BCUT2D eigenvalue weighted by Gasteiger charge is -2.58. The van der Waals surface area contributed by atoms with Gasteiger partial charge < -0.3 is 5.11 Å². The molecule has 1 N–H and O–H groups in total. The van der Waals surface area contributed by atoms with Crippen LogP contribution in [0.2, 0.25) is 0 Å². The second-order valence-corrected chi connectivity index (χ2v) is 13.5. The van der Waals surface area contributed by atoms with E-state index in [0.29, 0.717) is 16.2 Å². The van der Waals surface area contributed by atoms with Gasteiger partial charge in [-0.2, -0.15) is 0 Å². The van der Waals surface area contributed by atoms with E-state index in [-0.39, 0.29) is 6.10 Å². The molecule has 4 rings (SSSR count). The molecular formula is C31H52O. The molecule has 0 bridgehead atoms. The minimum absolute atomic E-state index is 0.0866. The molecule has 1 nitrogen and oxygen atoms in total. The molecule has 0 spiro atoms. The predicted octanol–water partition coefficient (Wildman–Crippen LogP) is 8.73. The SMILES string of the molecule is CC=C(CC)C(C)(C)CCC(C)C1CCC2C3CC=C4CC(O)CCC4(C)C3CCC12C. The van der Waals surface area contributed by atoms with Crippen LogP contribution in [0.3, 0.4) is 0 Å². The third kappa shape index (κ3) is 3.97. The van der Waals surface area contributed by atoms with Gasteiger partial charge >= 0.3 is 0 Å². The monoisotopic (exact) mass is 440 g/mol. The summed E-state index contributed by atoms with van der Waals surface area (Å²) in [4.78, 5) is 0. The Balaban J connectivity index is 1.47. The summed E-state index contributed by atoms with van der Waals surface area (Å²) in [5.41, 5.74) is 4.52. The summed E-state index contributed by atoms with van der Waals surface area (Å²) in [7, 11) is 0. The number of aliphatic hydroxyl groups is 1. The molecule has 32 heavy (non-hydrogen) atoms. The van der Waals surface area contributed by atoms with Crippen molar-refractivity contribution in [2.45, 2.75) is 125 Å². The number of hydrogen-bond donors (Lipinski definition) is 1. The molecule has 0 aromatic heterocycles. The molecule has 0 radical (unpaired) electrons. The molecule has 0 saturated heterocycles. The van der Waals surface area contributed by atoms with Crippen LogP contribution in [0.1, 0.15) is 119 Å². The van der Waals surface area contributed by atoms with Crippen molar-refractivity contribution in [3.05, 3.63) is 23.3 Å². The Morgan fingerprint density at radius 2 is 1.91 bits per heavy atom. The van der Waals surface area contributed by atoms with E-state index < -0.39 is 0 Å². The van der Waals surface area contributed by atoms with Gasteiger partial charge in [-0.3, -0.25) is 0 Å². The van der Waals surface area contributed by atoms with Crippen LogP contribution in [0.15, 0.2) is 23.3 Å². The van der Waals surface area contributed by atoms with Gasteiger partial charge in [-0.15, -0.1) is 0 Å². The first-order chi connectivity index (χ1) is 15.1. The van der Waals surface area contributed by atoms with Crippen LogP contribution in [0.5, 0.6) is 0 Å². The van der Waals surface area contributed by atoms with E-state index in [0.717, 1.165) is 42.4 Å². The van der Waals surface area contributed by atoms with Gasteiger partial charge in [0.15, 0.2) is 0 Å². The van der Waals surface area contributed by atoms with E-state index in [2.05, 4.69) is 60.6 Å². The van der Waals surface area contributed by atoms with Crippen LogP contribution in [0, 0.1) is 45.8 Å². The van der Waals surface area contributed by atoms with Crippen molar-refractivity contribution < 1.29 is 5.11 Å². The van der Waals surface area contributed by atoms with Crippen molar-refractivity contribution in [2.24, 2.45) is 45.8 Å². The van der Waals surface area contributed by atoms with E-state index in [1.165, 1.54) is 57.8 Å². The lowest BCUT2D eigenvalue weighted by molar-refractivity contribution is -0.0575. The number of allylic oxidation sites excluding steroid dienone is 3. The van der Waals surface area contributed by atoms with Gasteiger partial charge in [0.25, 0.3) is 0 Å². The maximum absolute atomic E-state index is 10.3. The van der Waals surface area contributed by atoms with Gasteiger partial charge in [0, 0.05) is 0 Å². The zero-order valence-corrected chi connectivity index (χ0v) is 22.3. The van der Waals surface area contributed by atoms with Crippen molar-refractivity contribution in [3.63, 3.8) is 0 Å². The van der Waals surface area contributed by atoms with E-state index in [1.807, 2.05) is 0 Å². The van der Waals surface area contributed by atoms with E-state index >= 15 is 0 Å². The molecule has 0 aliphatic heterocycles. The zero-order valence-electron chi connectivity index (χ0n) is 22.3. The lowest BCUT2D eigenvalue weighted by Crippen LogP contribution is -2.50. The molecule has 4 aliphatic rings. The van der Waals surface area contributed by atoms with Crippen molar-refractivity contribution in [1.82, 2.24) is 0 Å². The van der Waals surface area contributed by atoms with Gasteiger partial charge in [0.05, 0.1) is 6.10 Å². The number of fused-ring (bicyclic) bond motifs is 5. The van der Waals surface area contributed by atoms with Gasteiger partial charge in [0.1, 0.15) is 0 Å². The summed E-state index contributed by atoms with van der Waals surface area (Å²) in [5, 5.41) is 10.3. The first-order valence-electron chi connectivity index (χ1n) is 14.1. The Kier molecular flexibility index (Phi) is 6.83. The van der Waals surface area contributed by atoms with Crippen molar-refractivity contribution >= 4 is 0 Å². The molecule has 3 fully saturated rings. The standard InChI is InChI=1S/C31H52O/c1-8-22(9-2)29(4,5)17-14-21(3)26-12-13-27-25-11-10-23-20-24(32)15-18-30(23,6)28(25)16-19-31(26,27)7/h8,10,21,24-28,32H,9,11-20H2,1-7H3. The second-order valence-electron chi connectivity index (χ2n) is 13.5. The van der Waals surface area contributed by atoms with Crippen LogP contribution in [-0.4, -0.2) is 11.2 Å². The quantitative estimate of drug-likeness (QED) is 0.409. The van der Waals surface area contributed by atoms with Crippen LogP contribution >= 0.6 is 0 Å². The average molecular weight is 441 g/mol. The number of hydrogen-bond acceptors (Lipinski definition) is 1. The van der Waals surface area contributed by atoms with Crippen LogP contribution in [0.25, 0.3) is 0 Å². The fraction of sp³-hybridized carbons (Fsp3) is 0.871. The van der Waals surface area contributed by atoms with Crippen LogP contribution in [-0.2, 0) is 0 Å². The fourth-order valence-electron chi connectivity index (χ4n) is 9.64. The maximum Gasteiger partial charge on any atom is 0.0577 e. The third-order valence-electron chi connectivity index (χ3n) is 11.7. The lowest BCUT2D eigenvalue weighted by atomic mass is 9.47. The van der Waals surface area contributed by atoms with Gasteiger partial charge in [-0.05, 0) is 123 Å². The summed E-state index contributed by atoms with van der Waals surface area (Å²) in [5.74, 6) is 4.42. The van der Waals surface area contributed by atoms with E-state index in [1.54, 1.807) is 11.1 Å². The highest BCUT2D eigenvalue weighted by Gasteiger charge is 2.59. The summed E-state index contributed by atoms with van der Waals surface area (Å²) >= 11 is 0. The Morgan fingerprint density at radius 3 is 2.59 bits per heavy atom. The highest BCUT2D eigenvalue weighted by Crippen LogP contribution is 2.67. The van der Waals surface area contributed by atoms with E-state index in [9.17, 15) is 5.11 Å². The molecule has 0 aromatic rings. The summed E-state index contributed by atoms with van der Waals surface area (Å²) in [6, 6.07) is 0. The molecular weight excluding hydrogens is 388 g/mol. The first kappa shape index (κ1) is 24.6. The fourth-order valence-corrected chi connectivity index (χ4v) is 9.64. The summed E-state index contributed by atoms with van der Waals surface area (Å²) < 4.78 is 0. The van der Waals surface area contributed by atoms with Crippen molar-refractivity contribution in [2.75, 3.05) is 0 Å². The first-order valence-corrected chi connectivity index (χ1v) is 14.1. The minimum Gasteiger partial charge on any atom is -0.393 e. The molecule has 8 atom stereocenters. The van der Waals surface area contributed by atoms with Crippen molar-refractivity contribution in [1.29, 1.82) is 0 Å². The maximum atomic E-state index is 10.3. The van der Waals surface area contributed by atoms with Crippen molar-refractivity contribution in [3.8, 4) is 0 Å². The zero-order chi connectivity index (χ0) is 23.3. The molecule has 0 aromatic carbocycles. The second kappa shape index (κ2) is 8.90. The Morgan fingerprint density at radius 1 is 1.16 bits per heavy atom. The predicted molar refractivity (Wildman–Crippen MR) is 137 cm³/mol. The van der Waals surface area contributed by atoms with Gasteiger partial charge in [-0.1, -0.05) is 64.8 Å². The highest BCUT2D eigenvalue weighted by molar-refractivity contribution is 5.25. The Hall–Kier alpha value is -0.560.